The fourth-order valence-corrected chi connectivity index (χ4v) is 2.64. The second-order valence-corrected chi connectivity index (χ2v) is 5.73. The lowest BCUT2D eigenvalue weighted by atomic mass is 10.1. The number of aryl methyl sites for hydroxylation is 2. The van der Waals surface area contributed by atoms with Crippen LogP contribution in [0.25, 0.3) is 11.1 Å². The average Bonchev–Trinajstić information content (AvgIpc) is 2.93. The summed E-state index contributed by atoms with van der Waals surface area (Å²) in [5.41, 5.74) is 6.28. The number of halogens is 3. The van der Waals surface area contributed by atoms with Crippen molar-refractivity contribution in [2.75, 3.05) is 10.7 Å². The van der Waals surface area contributed by atoms with E-state index < -0.39 is 29.2 Å². The average molecular weight is 375 g/mol. The predicted molar refractivity (Wildman–Crippen MR) is 95.5 cm³/mol. The highest BCUT2D eigenvalue weighted by Crippen LogP contribution is 2.30. The van der Waals surface area contributed by atoms with Gasteiger partial charge in [-0.3, -0.25) is 20.9 Å². The van der Waals surface area contributed by atoms with E-state index in [-0.39, 0.29) is 0 Å². The Balaban J connectivity index is 1.77. The fourth-order valence-electron chi connectivity index (χ4n) is 2.64. The van der Waals surface area contributed by atoms with E-state index in [0.717, 1.165) is 23.3 Å². The summed E-state index contributed by atoms with van der Waals surface area (Å²) in [7, 11) is 1.66. The van der Waals surface area contributed by atoms with Crippen molar-refractivity contribution in [1.82, 2.24) is 15.2 Å². The Morgan fingerprint density at radius 1 is 1.04 bits per heavy atom. The second-order valence-electron chi connectivity index (χ2n) is 5.73. The van der Waals surface area contributed by atoms with Crippen LogP contribution in [0.4, 0.5) is 29.5 Å². The van der Waals surface area contributed by atoms with Crippen molar-refractivity contribution in [1.29, 1.82) is 0 Å². The number of carbonyl (C=O) groups is 1. The maximum absolute atomic E-state index is 13.6. The van der Waals surface area contributed by atoms with Gasteiger partial charge in [-0.05, 0) is 24.6 Å². The fraction of sp³-hybridized carbons (Fsp3) is 0.111. The number of rotatable bonds is 4. The SMILES string of the molecule is Cc1nn(C)c(NC(=O)NNc2ccc(F)c(F)c2F)c1-c1ccccc1. The van der Waals surface area contributed by atoms with E-state index >= 15 is 0 Å². The van der Waals surface area contributed by atoms with Crippen LogP contribution in [0, 0.1) is 24.4 Å². The molecule has 140 valence electrons. The van der Waals surface area contributed by atoms with Gasteiger partial charge in [-0.15, -0.1) is 0 Å². The number of nitrogens with one attached hydrogen (secondary N) is 3. The van der Waals surface area contributed by atoms with E-state index in [9.17, 15) is 18.0 Å². The molecule has 0 unspecified atom stereocenters. The summed E-state index contributed by atoms with van der Waals surface area (Å²) >= 11 is 0. The summed E-state index contributed by atoms with van der Waals surface area (Å²) in [5.74, 6) is -3.96. The first-order valence-electron chi connectivity index (χ1n) is 7.94. The molecular weight excluding hydrogens is 359 g/mol. The molecule has 2 amide bonds. The first-order chi connectivity index (χ1) is 12.9. The van der Waals surface area contributed by atoms with Crippen molar-refractivity contribution in [3.8, 4) is 11.1 Å². The standard InChI is InChI=1S/C18H16F3N5O/c1-10-14(11-6-4-3-5-7-11)17(26(2)25-10)22-18(27)24-23-13-9-8-12(19)15(20)16(13)21/h3-9,23H,1-2H3,(H2,22,24,27). The molecule has 1 heterocycles. The van der Waals surface area contributed by atoms with Gasteiger partial charge in [-0.1, -0.05) is 30.3 Å². The van der Waals surface area contributed by atoms with E-state index in [1.807, 2.05) is 30.3 Å². The zero-order valence-corrected chi connectivity index (χ0v) is 14.5. The second kappa shape index (κ2) is 7.40. The minimum Gasteiger partial charge on any atom is -0.294 e. The van der Waals surface area contributed by atoms with E-state index in [0.29, 0.717) is 11.5 Å². The van der Waals surface area contributed by atoms with Crippen LogP contribution in [0.15, 0.2) is 42.5 Å². The van der Waals surface area contributed by atoms with Crippen molar-refractivity contribution < 1.29 is 18.0 Å². The van der Waals surface area contributed by atoms with Gasteiger partial charge < -0.3 is 0 Å². The first kappa shape index (κ1) is 18.3. The Bertz CT molecular complexity index is 988. The Morgan fingerprint density at radius 3 is 2.44 bits per heavy atom. The number of hydrogen-bond donors (Lipinski definition) is 3. The van der Waals surface area contributed by atoms with Gasteiger partial charge in [0.05, 0.1) is 11.4 Å². The Hall–Kier alpha value is -3.49. The number of benzene rings is 2. The molecule has 0 spiro atoms. The molecule has 0 aliphatic carbocycles. The third-order valence-electron chi connectivity index (χ3n) is 3.86. The third-order valence-corrected chi connectivity index (χ3v) is 3.86. The van der Waals surface area contributed by atoms with E-state index in [2.05, 4.69) is 21.3 Å². The molecule has 0 saturated heterocycles. The molecule has 3 N–H and O–H groups in total. The summed E-state index contributed by atoms with van der Waals surface area (Å²) in [6, 6.07) is 10.3. The Labute approximate surface area is 153 Å². The van der Waals surface area contributed by atoms with Crippen LogP contribution in [0.1, 0.15) is 5.69 Å². The number of nitrogens with zero attached hydrogens (tertiary/aromatic N) is 2. The number of aromatic nitrogens is 2. The molecule has 9 heteroatoms. The molecule has 3 rings (SSSR count). The lowest BCUT2D eigenvalue weighted by Gasteiger charge is -2.12. The first-order valence-corrected chi connectivity index (χ1v) is 7.94. The number of urea groups is 1. The van der Waals surface area contributed by atoms with E-state index in [4.69, 9.17) is 0 Å². The number of hydrogen-bond acceptors (Lipinski definition) is 3. The summed E-state index contributed by atoms with van der Waals surface area (Å²) < 4.78 is 41.3. The van der Waals surface area contributed by atoms with Gasteiger partial charge >= 0.3 is 6.03 Å². The summed E-state index contributed by atoms with van der Waals surface area (Å²) in [4.78, 5) is 12.2. The van der Waals surface area contributed by atoms with Gasteiger partial charge in [0.15, 0.2) is 17.5 Å². The monoisotopic (exact) mass is 375 g/mol. The molecule has 0 radical (unpaired) electrons. The number of anilines is 2. The molecule has 3 aromatic rings. The molecule has 27 heavy (non-hydrogen) atoms. The molecular formula is C18H16F3N5O. The smallest absolute Gasteiger partial charge is 0.294 e. The molecule has 0 saturated carbocycles. The Morgan fingerprint density at radius 2 is 1.74 bits per heavy atom. The molecule has 6 nitrogen and oxygen atoms in total. The van der Waals surface area contributed by atoms with Gasteiger partial charge in [0.1, 0.15) is 5.82 Å². The minimum atomic E-state index is -1.63. The highest BCUT2D eigenvalue weighted by molar-refractivity contribution is 5.94. The third kappa shape index (κ3) is 3.71. The van der Waals surface area contributed by atoms with Gasteiger partial charge in [0.25, 0.3) is 0 Å². The van der Waals surface area contributed by atoms with Crippen molar-refractivity contribution in [2.24, 2.45) is 7.05 Å². The maximum Gasteiger partial charge on any atom is 0.339 e. The summed E-state index contributed by atoms with van der Waals surface area (Å²) in [6.45, 7) is 1.81. The zero-order chi connectivity index (χ0) is 19.6. The predicted octanol–water partition coefficient (Wildman–Crippen LogP) is 3.96. The lowest BCUT2D eigenvalue weighted by molar-refractivity contribution is 0.253. The quantitative estimate of drug-likeness (QED) is 0.477. The molecule has 1 aromatic heterocycles. The van der Waals surface area contributed by atoms with Crippen LogP contribution in [-0.2, 0) is 7.05 Å². The highest BCUT2D eigenvalue weighted by atomic mass is 19.2. The van der Waals surface area contributed by atoms with Crippen molar-refractivity contribution in [2.45, 2.75) is 6.92 Å². The number of hydrazine groups is 1. The summed E-state index contributed by atoms with van der Waals surface area (Å²) in [6.07, 6.45) is 0. The van der Waals surface area contributed by atoms with Gasteiger partial charge in [0.2, 0.25) is 0 Å². The molecule has 0 atom stereocenters. The van der Waals surface area contributed by atoms with Crippen LogP contribution in [0.2, 0.25) is 0 Å². The van der Waals surface area contributed by atoms with Crippen molar-refractivity contribution in [3.63, 3.8) is 0 Å². The van der Waals surface area contributed by atoms with Crippen LogP contribution >= 0.6 is 0 Å². The molecule has 0 aliphatic heterocycles. The van der Waals surface area contributed by atoms with Gasteiger partial charge in [-0.25, -0.2) is 18.0 Å². The lowest BCUT2D eigenvalue weighted by Crippen LogP contribution is -2.34. The normalized spacial score (nSPS) is 10.6. The number of carbonyl (C=O) groups excluding carboxylic acids is 1. The van der Waals surface area contributed by atoms with Crippen LogP contribution in [0.3, 0.4) is 0 Å². The van der Waals surface area contributed by atoms with Crippen molar-refractivity contribution in [3.05, 3.63) is 65.6 Å². The molecule has 2 aromatic carbocycles. The van der Waals surface area contributed by atoms with Gasteiger partial charge in [-0.2, -0.15) is 5.10 Å². The van der Waals surface area contributed by atoms with Crippen LogP contribution in [0.5, 0.6) is 0 Å². The van der Waals surface area contributed by atoms with E-state index in [1.165, 1.54) is 4.68 Å². The molecule has 0 fully saturated rings. The van der Waals surface area contributed by atoms with Gasteiger partial charge in [0, 0.05) is 12.6 Å². The minimum absolute atomic E-state index is 0.409. The topological polar surface area (TPSA) is 71.0 Å². The molecule has 0 aliphatic rings. The largest absolute Gasteiger partial charge is 0.339 e. The number of amides is 2. The summed E-state index contributed by atoms with van der Waals surface area (Å²) in [5, 5.41) is 6.91. The highest BCUT2D eigenvalue weighted by Gasteiger charge is 2.18. The van der Waals surface area contributed by atoms with Crippen LogP contribution in [-0.4, -0.2) is 15.8 Å². The molecule has 0 bridgehead atoms. The van der Waals surface area contributed by atoms with Crippen molar-refractivity contribution >= 4 is 17.5 Å². The van der Waals surface area contributed by atoms with Crippen LogP contribution < -0.4 is 16.2 Å². The Kier molecular flexibility index (Phi) is 5.02. The zero-order valence-electron chi connectivity index (χ0n) is 14.5. The maximum atomic E-state index is 13.6. The van der Waals surface area contributed by atoms with E-state index in [1.54, 1.807) is 14.0 Å².